The lowest BCUT2D eigenvalue weighted by Crippen LogP contribution is -1.98. The molecule has 0 heterocycles. The van der Waals surface area contributed by atoms with Crippen LogP contribution in [0.2, 0.25) is 0 Å². The van der Waals surface area contributed by atoms with Crippen LogP contribution in [0.1, 0.15) is 26.7 Å². The summed E-state index contributed by atoms with van der Waals surface area (Å²) < 4.78 is 26.4. The Hall–Kier alpha value is -1.18. The molecule has 0 aromatic rings. The lowest BCUT2D eigenvalue weighted by Gasteiger charge is -2.07. The first-order chi connectivity index (χ1) is 7.15. The molecule has 1 unspecified atom stereocenters. The van der Waals surface area contributed by atoms with Crippen molar-refractivity contribution in [1.29, 1.82) is 0 Å². The topological polar surface area (TPSA) is 0 Å². The third-order valence-electron chi connectivity index (χ3n) is 2.27. The van der Waals surface area contributed by atoms with Crippen molar-refractivity contribution in [2.24, 2.45) is 0 Å². The van der Waals surface area contributed by atoms with Gasteiger partial charge in [-0.2, -0.15) is 0 Å². The van der Waals surface area contributed by atoms with Crippen molar-refractivity contribution in [3.63, 3.8) is 0 Å². The Morgan fingerprint density at radius 2 is 2.00 bits per heavy atom. The van der Waals surface area contributed by atoms with Gasteiger partial charge in [0.2, 0.25) is 0 Å². The summed E-state index contributed by atoms with van der Waals surface area (Å²) in [6, 6.07) is 0. The van der Waals surface area contributed by atoms with Gasteiger partial charge >= 0.3 is 0 Å². The van der Waals surface area contributed by atoms with Gasteiger partial charge in [0.1, 0.15) is 12.0 Å². The minimum atomic E-state index is -1.27. The van der Waals surface area contributed by atoms with E-state index < -0.39 is 12.0 Å². The molecule has 0 aromatic carbocycles. The fourth-order valence-corrected chi connectivity index (χ4v) is 1.46. The predicted molar refractivity (Wildman–Crippen MR) is 60.0 cm³/mol. The molecule has 0 nitrogen and oxygen atoms in total. The van der Waals surface area contributed by atoms with Crippen molar-refractivity contribution in [2.45, 2.75) is 32.9 Å². The van der Waals surface area contributed by atoms with E-state index in [4.69, 9.17) is 0 Å². The number of hydrogen-bond donors (Lipinski definition) is 0. The molecule has 0 aliphatic heterocycles. The summed E-state index contributed by atoms with van der Waals surface area (Å²) in [5.74, 6) is -0.493. The molecular formula is C13H16F2. The SMILES string of the molecule is CCCC1=C/C=C/C(F)=C(\C(C)F)C=C1. The highest BCUT2D eigenvalue weighted by atomic mass is 19.1. The van der Waals surface area contributed by atoms with Gasteiger partial charge in [-0.05, 0) is 25.0 Å². The van der Waals surface area contributed by atoms with Gasteiger partial charge in [0.15, 0.2) is 0 Å². The van der Waals surface area contributed by atoms with E-state index in [1.54, 1.807) is 12.2 Å². The molecule has 1 atom stereocenters. The average Bonchev–Trinajstić information content (AvgIpc) is 2.14. The maximum Gasteiger partial charge on any atom is 0.129 e. The molecule has 82 valence electrons. The molecule has 0 amide bonds. The minimum Gasteiger partial charge on any atom is -0.242 e. The molecule has 2 heteroatoms. The maximum absolute atomic E-state index is 13.3. The maximum atomic E-state index is 13.3. The van der Waals surface area contributed by atoms with Crippen LogP contribution >= 0.6 is 0 Å². The molecule has 1 rings (SSSR count). The largest absolute Gasteiger partial charge is 0.242 e. The third kappa shape index (κ3) is 3.46. The van der Waals surface area contributed by atoms with Crippen molar-refractivity contribution in [2.75, 3.05) is 0 Å². The molecule has 0 radical (unpaired) electrons. The van der Waals surface area contributed by atoms with Crippen LogP contribution in [0.5, 0.6) is 0 Å². The van der Waals surface area contributed by atoms with Gasteiger partial charge in [-0.3, -0.25) is 0 Å². The van der Waals surface area contributed by atoms with E-state index in [9.17, 15) is 8.78 Å². The number of alkyl halides is 1. The van der Waals surface area contributed by atoms with Crippen LogP contribution in [-0.2, 0) is 0 Å². The lowest BCUT2D eigenvalue weighted by atomic mass is 10.0. The third-order valence-corrected chi connectivity index (χ3v) is 2.27. The summed E-state index contributed by atoms with van der Waals surface area (Å²) in [7, 11) is 0. The van der Waals surface area contributed by atoms with E-state index in [-0.39, 0.29) is 5.57 Å². The smallest absolute Gasteiger partial charge is 0.129 e. The Kier molecular flexibility index (Phi) is 4.47. The van der Waals surface area contributed by atoms with Crippen LogP contribution in [0.3, 0.4) is 0 Å². The highest BCUT2D eigenvalue weighted by molar-refractivity contribution is 5.39. The number of allylic oxidation sites excluding steroid dienone is 8. The molecule has 0 N–H and O–H groups in total. The van der Waals surface area contributed by atoms with Crippen molar-refractivity contribution < 1.29 is 8.78 Å². The predicted octanol–water partition coefficient (Wildman–Crippen LogP) is 4.42. The summed E-state index contributed by atoms with van der Waals surface area (Å²) in [6.45, 7) is 3.42. The summed E-state index contributed by atoms with van der Waals surface area (Å²) >= 11 is 0. The molecular weight excluding hydrogens is 194 g/mol. The van der Waals surface area contributed by atoms with Gasteiger partial charge in [0, 0.05) is 5.57 Å². The van der Waals surface area contributed by atoms with Crippen LogP contribution in [0.15, 0.2) is 47.4 Å². The van der Waals surface area contributed by atoms with E-state index in [2.05, 4.69) is 6.92 Å². The van der Waals surface area contributed by atoms with E-state index >= 15 is 0 Å². The molecule has 1 aliphatic carbocycles. The van der Waals surface area contributed by atoms with Gasteiger partial charge in [-0.15, -0.1) is 0 Å². The van der Waals surface area contributed by atoms with E-state index in [0.29, 0.717) is 0 Å². The molecule has 15 heavy (non-hydrogen) atoms. The Morgan fingerprint density at radius 3 is 2.60 bits per heavy atom. The highest BCUT2D eigenvalue weighted by Crippen LogP contribution is 2.20. The molecule has 0 fully saturated rings. The zero-order chi connectivity index (χ0) is 11.3. The Labute approximate surface area is 89.7 Å². The van der Waals surface area contributed by atoms with E-state index in [1.807, 2.05) is 6.08 Å². The molecule has 0 bridgehead atoms. The van der Waals surface area contributed by atoms with Gasteiger partial charge in [0.25, 0.3) is 0 Å². The first-order valence-corrected chi connectivity index (χ1v) is 5.24. The Bertz CT molecular complexity index is 330. The number of halogens is 2. The normalized spacial score (nSPS) is 25.5. The second kappa shape index (κ2) is 5.64. The molecule has 0 saturated carbocycles. The van der Waals surface area contributed by atoms with Crippen LogP contribution in [0.4, 0.5) is 8.78 Å². The van der Waals surface area contributed by atoms with E-state index in [1.165, 1.54) is 19.1 Å². The van der Waals surface area contributed by atoms with Crippen LogP contribution in [0.25, 0.3) is 0 Å². The number of rotatable bonds is 3. The van der Waals surface area contributed by atoms with Crippen LogP contribution in [-0.4, -0.2) is 6.17 Å². The summed E-state index contributed by atoms with van der Waals surface area (Å²) in [5.41, 5.74) is 1.22. The van der Waals surface area contributed by atoms with Crippen molar-refractivity contribution in [3.05, 3.63) is 47.4 Å². The summed E-state index contributed by atoms with van der Waals surface area (Å²) in [4.78, 5) is 0. The minimum absolute atomic E-state index is 0.118. The van der Waals surface area contributed by atoms with Gasteiger partial charge in [-0.1, -0.05) is 37.6 Å². The molecule has 1 aliphatic rings. The standard InChI is InChI=1S/C13H16F2/c1-3-5-11-6-4-7-13(15)12(9-8-11)10(2)14/h4,6-10H,3,5H2,1-2H3/b6-4?,7-4+,9-8?,11-6?,11-8?,12-9?,13-7?,13-12+. The fourth-order valence-electron chi connectivity index (χ4n) is 1.46. The quantitative estimate of drug-likeness (QED) is 0.646. The monoisotopic (exact) mass is 210 g/mol. The van der Waals surface area contributed by atoms with Gasteiger partial charge < -0.3 is 0 Å². The number of hydrogen-bond acceptors (Lipinski definition) is 0. The summed E-state index contributed by atoms with van der Waals surface area (Å²) in [5, 5.41) is 0. The summed E-state index contributed by atoms with van der Waals surface area (Å²) in [6.07, 6.45) is 8.80. The van der Waals surface area contributed by atoms with Crippen molar-refractivity contribution in [1.82, 2.24) is 0 Å². The van der Waals surface area contributed by atoms with E-state index in [0.717, 1.165) is 18.4 Å². The Morgan fingerprint density at radius 1 is 1.27 bits per heavy atom. The van der Waals surface area contributed by atoms with Gasteiger partial charge in [0.05, 0.1) is 0 Å². The first-order valence-electron chi connectivity index (χ1n) is 5.24. The zero-order valence-corrected chi connectivity index (χ0v) is 9.13. The first kappa shape index (κ1) is 11.9. The Balaban J connectivity index is 2.92. The second-order valence-electron chi connectivity index (χ2n) is 3.60. The van der Waals surface area contributed by atoms with Crippen LogP contribution in [0, 0.1) is 0 Å². The zero-order valence-electron chi connectivity index (χ0n) is 9.13. The molecule has 0 aromatic heterocycles. The second-order valence-corrected chi connectivity index (χ2v) is 3.60. The highest BCUT2D eigenvalue weighted by Gasteiger charge is 2.09. The van der Waals surface area contributed by atoms with Gasteiger partial charge in [-0.25, -0.2) is 8.78 Å². The van der Waals surface area contributed by atoms with Crippen LogP contribution < -0.4 is 0 Å². The van der Waals surface area contributed by atoms with Crippen molar-refractivity contribution >= 4 is 0 Å². The lowest BCUT2D eigenvalue weighted by molar-refractivity contribution is 0.408. The molecule has 0 saturated heterocycles. The average molecular weight is 210 g/mol. The fraction of sp³-hybridized carbons (Fsp3) is 0.385. The van der Waals surface area contributed by atoms with Crippen molar-refractivity contribution in [3.8, 4) is 0 Å². The molecule has 0 spiro atoms.